The van der Waals surface area contributed by atoms with Crippen molar-refractivity contribution in [2.75, 3.05) is 6.61 Å². The minimum absolute atomic E-state index is 0.0905. The first-order valence-electron chi connectivity index (χ1n) is 18.2. The van der Waals surface area contributed by atoms with Crippen LogP contribution in [0.3, 0.4) is 0 Å². The zero-order chi connectivity index (χ0) is 32.0. The quantitative estimate of drug-likeness (QED) is 0.0745. The molecule has 1 atom stereocenters. The van der Waals surface area contributed by atoms with Gasteiger partial charge in [-0.2, -0.15) is 0 Å². The number of ether oxygens (including phenoxy) is 2. The summed E-state index contributed by atoms with van der Waals surface area (Å²) in [5, 5.41) is 0. The molecule has 3 aromatic rings. The van der Waals surface area contributed by atoms with Gasteiger partial charge < -0.3 is 9.47 Å². The summed E-state index contributed by atoms with van der Waals surface area (Å²) in [5.41, 5.74) is 5.73. The largest absolute Gasteiger partial charge is 0.494 e. The van der Waals surface area contributed by atoms with Gasteiger partial charge in [0.2, 0.25) is 0 Å². The molecule has 246 valence electrons. The van der Waals surface area contributed by atoms with Gasteiger partial charge in [0, 0.05) is 6.42 Å². The van der Waals surface area contributed by atoms with Gasteiger partial charge in [0.1, 0.15) is 11.9 Å². The molecule has 3 rings (SSSR count). The number of hydrogen-bond acceptors (Lipinski definition) is 3. The average molecular weight is 613 g/mol. The number of esters is 1. The summed E-state index contributed by atoms with van der Waals surface area (Å²) >= 11 is 0. The monoisotopic (exact) mass is 612 g/mol. The molecule has 0 saturated heterocycles. The van der Waals surface area contributed by atoms with Crippen molar-refractivity contribution < 1.29 is 14.3 Å². The van der Waals surface area contributed by atoms with Crippen molar-refractivity contribution in [1.82, 2.24) is 0 Å². The number of carbonyl (C=O) groups is 1. The maximum Gasteiger partial charge on any atom is 0.306 e. The summed E-state index contributed by atoms with van der Waals surface area (Å²) in [6, 6.07) is 25.5. The van der Waals surface area contributed by atoms with E-state index in [-0.39, 0.29) is 12.1 Å². The molecule has 0 fully saturated rings. The molecule has 3 aromatic carbocycles. The molecule has 0 bridgehead atoms. The lowest BCUT2D eigenvalue weighted by atomic mass is 9.93. The van der Waals surface area contributed by atoms with E-state index in [0.29, 0.717) is 6.42 Å². The Hall–Kier alpha value is -3.07. The van der Waals surface area contributed by atoms with Crippen LogP contribution >= 0.6 is 0 Å². The smallest absolute Gasteiger partial charge is 0.306 e. The first-order chi connectivity index (χ1) is 22.1. The Kier molecular flexibility index (Phi) is 18.1. The van der Waals surface area contributed by atoms with Crippen LogP contribution in [-0.2, 0) is 9.53 Å². The summed E-state index contributed by atoms with van der Waals surface area (Å²) in [6.07, 6.45) is 21.9. The van der Waals surface area contributed by atoms with E-state index in [1.807, 2.05) is 6.92 Å². The lowest BCUT2D eigenvalue weighted by Crippen LogP contribution is -2.08. The highest BCUT2D eigenvalue weighted by Crippen LogP contribution is 2.34. The van der Waals surface area contributed by atoms with E-state index in [2.05, 4.69) is 86.6 Å². The minimum Gasteiger partial charge on any atom is -0.494 e. The molecule has 0 aliphatic rings. The van der Waals surface area contributed by atoms with Crippen molar-refractivity contribution in [2.24, 2.45) is 0 Å². The molecule has 0 saturated carbocycles. The zero-order valence-corrected chi connectivity index (χ0v) is 28.7. The van der Waals surface area contributed by atoms with Gasteiger partial charge in [-0.25, -0.2) is 0 Å². The molecule has 0 N–H and O–H groups in total. The number of benzene rings is 3. The third-order valence-corrected chi connectivity index (χ3v) is 8.84. The SMILES string of the molecule is CCCCCCCCCCCCCC(=O)OC(C)c1ccc(-c2ccccc2-c2ccc(OCCCCCCCC)cc2)cc1. The number of carbonyl (C=O) groups excluding carboxylic acids is 1. The molecule has 0 radical (unpaired) electrons. The third kappa shape index (κ3) is 14.3. The van der Waals surface area contributed by atoms with Crippen LogP contribution < -0.4 is 4.74 Å². The number of rotatable bonds is 24. The van der Waals surface area contributed by atoms with Crippen LogP contribution in [0.1, 0.15) is 148 Å². The van der Waals surface area contributed by atoms with Crippen LogP contribution in [0.4, 0.5) is 0 Å². The lowest BCUT2D eigenvalue weighted by Gasteiger charge is -2.15. The van der Waals surface area contributed by atoms with E-state index in [4.69, 9.17) is 9.47 Å². The standard InChI is InChI=1S/C42H60O3/c1-4-6-8-10-12-13-14-15-16-17-19-25-42(43)45-35(3)36-26-28-37(29-27-36)40-23-20-21-24-41(40)38-30-32-39(33-31-38)44-34-22-18-11-9-7-5-2/h20-21,23-24,26-33,35H,4-19,22,25,34H2,1-3H3. The second-order valence-electron chi connectivity index (χ2n) is 12.7. The molecule has 3 nitrogen and oxygen atoms in total. The van der Waals surface area contributed by atoms with E-state index >= 15 is 0 Å². The van der Waals surface area contributed by atoms with Crippen molar-refractivity contribution in [3.63, 3.8) is 0 Å². The van der Waals surface area contributed by atoms with Gasteiger partial charge in [0.15, 0.2) is 0 Å². The molecule has 0 spiro atoms. The summed E-state index contributed by atoms with van der Waals surface area (Å²) in [7, 11) is 0. The Balaban J connectivity index is 1.41. The van der Waals surface area contributed by atoms with Crippen LogP contribution in [-0.4, -0.2) is 12.6 Å². The minimum atomic E-state index is -0.251. The fraction of sp³-hybridized carbons (Fsp3) is 0.548. The normalized spacial score (nSPS) is 11.8. The predicted octanol–water partition coefficient (Wildman–Crippen LogP) is 13.1. The molecule has 0 amide bonds. The van der Waals surface area contributed by atoms with Gasteiger partial charge in [0.25, 0.3) is 0 Å². The van der Waals surface area contributed by atoms with Crippen LogP contribution in [0, 0.1) is 0 Å². The number of unbranched alkanes of at least 4 members (excludes halogenated alkanes) is 15. The molecular weight excluding hydrogens is 552 g/mol. The fourth-order valence-electron chi connectivity index (χ4n) is 5.98. The Morgan fingerprint density at radius 2 is 1.00 bits per heavy atom. The average Bonchev–Trinajstić information content (AvgIpc) is 3.07. The van der Waals surface area contributed by atoms with Gasteiger partial charge in [-0.1, -0.05) is 171 Å². The molecule has 45 heavy (non-hydrogen) atoms. The molecule has 0 aromatic heterocycles. The van der Waals surface area contributed by atoms with E-state index in [1.54, 1.807) is 0 Å². The first-order valence-corrected chi connectivity index (χ1v) is 18.2. The van der Waals surface area contributed by atoms with Crippen LogP contribution in [0.2, 0.25) is 0 Å². The van der Waals surface area contributed by atoms with Crippen molar-refractivity contribution in [3.05, 3.63) is 78.4 Å². The van der Waals surface area contributed by atoms with Crippen molar-refractivity contribution in [2.45, 2.75) is 142 Å². The Bertz CT molecular complexity index is 1180. The van der Waals surface area contributed by atoms with Crippen molar-refractivity contribution in [3.8, 4) is 28.0 Å². The van der Waals surface area contributed by atoms with Gasteiger partial charge in [-0.3, -0.25) is 4.79 Å². The second-order valence-corrected chi connectivity index (χ2v) is 12.7. The van der Waals surface area contributed by atoms with E-state index in [1.165, 1.54) is 107 Å². The van der Waals surface area contributed by atoms with Crippen molar-refractivity contribution in [1.29, 1.82) is 0 Å². The van der Waals surface area contributed by atoms with E-state index in [9.17, 15) is 4.79 Å². The highest BCUT2D eigenvalue weighted by Gasteiger charge is 2.13. The highest BCUT2D eigenvalue weighted by molar-refractivity contribution is 5.83. The highest BCUT2D eigenvalue weighted by atomic mass is 16.5. The predicted molar refractivity (Wildman–Crippen MR) is 192 cm³/mol. The van der Waals surface area contributed by atoms with Gasteiger partial charge in [0.05, 0.1) is 6.61 Å². The van der Waals surface area contributed by atoms with Gasteiger partial charge in [-0.05, 0) is 59.7 Å². The summed E-state index contributed by atoms with van der Waals surface area (Å²) in [4.78, 5) is 12.5. The first kappa shape index (κ1) is 36.4. The van der Waals surface area contributed by atoms with E-state index in [0.717, 1.165) is 42.7 Å². The molecule has 1 unspecified atom stereocenters. The third-order valence-electron chi connectivity index (χ3n) is 8.84. The topological polar surface area (TPSA) is 35.5 Å². The Morgan fingerprint density at radius 3 is 1.51 bits per heavy atom. The Labute approximate surface area is 275 Å². The van der Waals surface area contributed by atoms with Gasteiger partial charge in [-0.15, -0.1) is 0 Å². The maximum atomic E-state index is 12.5. The van der Waals surface area contributed by atoms with E-state index < -0.39 is 0 Å². The van der Waals surface area contributed by atoms with Crippen LogP contribution in [0.25, 0.3) is 22.3 Å². The molecule has 0 aliphatic heterocycles. The summed E-state index contributed by atoms with van der Waals surface area (Å²) in [6.45, 7) is 7.27. The van der Waals surface area contributed by atoms with Gasteiger partial charge >= 0.3 is 5.97 Å². The summed E-state index contributed by atoms with van der Waals surface area (Å²) < 4.78 is 11.8. The fourth-order valence-corrected chi connectivity index (χ4v) is 5.98. The Morgan fingerprint density at radius 1 is 0.556 bits per heavy atom. The van der Waals surface area contributed by atoms with Crippen LogP contribution in [0.5, 0.6) is 5.75 Å². The molecule has 0 heterocycles. The second kappa shape index (κ2) is 22.4. The zero-order valence-electron chi connectivity index (χ0n) is 28.7. The molecule has 3 heteroatoms. The molecular formula is C42H60O3. The molecule has 0 aliphatic carbocycles. The number of hydrogen-bond donors (Lipinski definition) is 0. The lowest BCUT2D eigenvalue weighted by molar-refractivity contribution is -0.148. The van der Waals surface area contributed by atoms with Crippen molar-refractivity contribution >= 4 is 5.97 Å². The van der Waals surface area contributed by atoms with Crippen LogP contribution in [0.15, 0.2) is 72.8 Å². The maximum absolute atomic E-state index is 12.5. The summed E-state index contributed by atoms with van der Waals surface area (Å²) in [5.74, 6) is 0.841.